The third-order valence-electron chi connectivity index (χ3n) is 5.89. The number of carbonyl (C=O) groups is 2. The number of hydrogen-bond acceptors (Lipinski definition) is 11. The molecule has 2 aliphatic heterocycles. The van der Waals surface area contributed by atoms with Crippen LogP contribution in [0.15, 0.2) is 46.8 Å². The highest BCUT2D eigenvalue weighted by molar-refractivity contribution is 5.99. The minimum Gasteiger partial charge on any atom is -0.466 e. The number of aliphatic hydroxyl groups excluding tert-OH is 4. The third kappa shape index (κ3) is 4.79. The maximum Gasteiger partial charge on any atom is 0.336 e. The molecule has 11 heteroatoms. The molecule has 0 amide bonds. The van der Waals surface area contributed by atoms with E-state index in [9.17, 15) is 30.0 Å². The van der Waals surface area contributed by atoms with E-state index in [1.54, 1.807) is 26.0 Å². The van der Waals surface area contributed by atoms with Crippen molar-refractivity contribution < 1.29 is 49.0 Å². The maximum atomic E-state index is 12.6. The number of hydrogen-bond donors (Lipinski definition) is 5. The number of allylic oxidation sites excluding steroid dienone is 2. The van der Waals surface area contributed by atoms with Crippen LogP contribution in [0.1, 0.15) is 25.3 Å². The summed E-state index contributed by atoms with van der Waals surface area (Å²) in [5.74, 6) is -1.75. The number of esters is 2. The molecular formula is C23H29NO10. The van der Waals surface area contributed by atoms with E-state index in [0.717, 1.165) is 0 Å². The molecule has 0 aliphatic carbocycles. The summed E-state index contributed by atoms with van der Waals surface area (Å²) in [6, 6.07) is 6.32. The van der Waals surface area contributed by atoms with Crippen LogP contribution in [0.25, 0.3) is 0 Å². The van der Waals surface area contributed by atoms with E-state index in [-0.39, 0.29) is 16.9 Å². The van der Waals surface area contributed by atoms with Crippen molar-refractivity contribution in [1.82, 2.24) is 5.32 Å². The fourth-order valence-corrected chi connectivity index (χ4v) is 4.13. The number of methoxy groups -OCH3 is 2. The van der Waals surface area contributed by atoms with Gasteiger partial charge in [-0.05, 0) is 31.5 Å². The quantitative estimate of drug-likeness (QED) is 0.332. The zero-order valence-electron chi connectivity index (χ0n) is 19.2. The van der Waals surface area contributed by atoms with Crippen LogP contribution in [0.2, 0.25) is 0 Å². The molecule has 1 saturated heterocycles. The smallest absolute Gasteiger partial charge is 0.336 e. The van der Waals surface area contributed by atoms with Gasteiger partial charge in [0.15, 0.2) is 0 Å². The summed E-state index contributed by atoms with van der Waals surface area (Å²) >= 11 is 0. The highest BCUT2D eigenvalue weighted by Gasteiger charge is 2.45. The molecule has 1 fully saturated rings. The van der Waals surface area contributed by atoms with E-state index < -0.39 is 55.2 Å². The predicted octanol–water partition coefficient (Wildman–Crippen LogP) is -0.554. The fraction of sp³-hybridized carbons (Fsp3) is 0.478. The summed E-state index contributed by atoms with van der Waals surface area (Å²) in [4.78, 5) is 25.2. The van der Waals surface area contributed by atoms with Gasteiger partial charge in [-0.1, -0.05) is 12.1 Å². The average molecular weight is 479 g/mol. The molecule has 1 aromatic rings. The van der Waals surface area contributed by atoms with E-state index in [2.05, 4.69) is 5.32 Å². The molecule has 11 nitrogen and oxygen atoms in total. The number of benzene rings is 1. The minimum atomic E-state index is -1.57. The van der Waals surface area contributed by atoms with Crippen molar-refractivity contribution in [3.05, 3.63) is 52.4 Å². The van der Waals surface area contributed by atoms with Crippen LogP contribution in [0, 0.1) is 0 Å². The van der Waals surface area contributed by atoms with Crippen molar-refractivity contribution in [2.45, 2.75) is 50.5 Å². The number of dihydropyridines is 1. The van der Waals surface area contributed by atoms with Crippen molar-refractivity contribution in [3.8, 4) is 5.75 Å². The second kappa shape index (κ2) is 10.5. The van der Waals surface area contributed by atoms with Crippen LogP contribution < -0.4 is 10.1 Å². The van der Waals surface area contributed by atoms with E-state index in [4.69, 9.17) is 18.9 Å². The van der Waals surface area contributed by atoms with Crippen LogP contribution in [-0.4, -0.2) is 83.9 Å². The molecule has 0 saturated carbocycles. The van der Waals surface area contributed by atoms with Gasteiger partial charge in [0.25, 0.3) is 0 Å². The predicted molar refractivity (Wildman–Crippen MR) is 116 cm³/mol. The summed E-state index contributed by atoms with van der Waals surface area (Å²) in [5, 5.41) is 42.4. The van der Waals surface area contributed by atoms with Gasteiger partial charge in [0.05, 0.1) is 37.9 Å². The minimum absolute atomic E-state index is 0.239. The Labute approximate surface area is 196 Å². The Balaban J connectivity index is 1.92. The Morgan fingerprint density at radius 2 is 1.44 bits per heavy atom. The SMILES string of the molecule is COC(=O)C1=C(C)NC(C)=C(C(=O)OC)C1c1ccc(O[C@@H]2O[C@H](CO)[C@@H](O)[C@@H](O)[C@H]2O)cc1. The van der Waals surface area contributed by atoms with Crippen LogP contribution >= 0.6 is 0 Å². The van der Waals surface area contributed by atoms with Crippen LogP contribution in [0.3, 0.4) is 0 Å². The molecule has 34 heavy (non-hydrogen) atoms. The Morgan fingerprint density at radius 3 is 1.91 bits per heavy atom. The molecule has 1 aromatic carbocycles. The first-order valence-corrected chi connectivity index (χ1v) is 10.6. The Kier molecular flexibility index (Phi) is 7.95. The molecule has 2 aliphatic rings. The topological polar surface area (TPSA) is 164 Å². The molecule has 0 spiro atoms. The monoisotopic (exact) mass is 479 g/mol. The van der Waals surface area contributed by atoms with Crippen LogP contribution in [-0.2, 0) is 23.8 Å². The molecule has 5 N–H and O–H groups in total. The number of rotatable bonds is 6. The first-order chi connectivity index (χ1) is 16.1. The van der Waals surface area contributed by atoms with E-state index in [1.807, 2.05) is 0 Å². The van der Waals surface area contributed by atoms with E-state index in [0.29, 0.717) is 17.0 Å². The lowest BCUT2D eigenvalue weighted by Crippen LogP contribution is -2.60. The average Bonchev–Trinajstić information content (AvgIpc) is 2.83. The molecule has 0 aromatic heterocycles. The van der Waals surface area contributed by atoms with Gasteiger partial charge in [0, 0.05) is 11.4 Å². The van der Waals surface area contributed by atoms with E-state index >= 15 is 0 Å². The Morgan fingerprint density at radius 1 is 0.912 bits per heavy atom. The number of aliphatic hydroxyl groups is 4. The Hall–Kier alpha value is -2.96. The van der Waals surface area contributed by atoms with Crippen molar-refractivity contribution in [3.63, 3.8) is 0 Å². The van der Waals surface area contributed by atoms with Crippen molar-refractivity contribution in [2.24, 2.45) is 0 Å². The lowest BCUT2D eigenvalue weighted by Gasteiger charge is -2.39. The van der Waals surface area contributed by atoms with Gasteiger partial charge in [-0.3, -0.25) is 0 Å². The van der Waals surface area contributed by atoms with Crippen LogP contribution in [0.4, 0.5) is 0 Å². The summed E-state index contributed by atoms with van der Waals surface area (Å²) in [6.07, 6.45) is -7.09. The maximum absolute atomic E-state index is 12.6. The fourth-order valence-electron chi connectivity index (χ4n) is 4.13. The zero-order chi connectivity index (χ0) is 25.2. The first kappa shape index (κ1) is 25.7. The second-order valence-corrected chi connectivity index (χ2v) is 8.00. The number of ether oxygens (including phenoxy) is 4. The van der Waals surface area contributed by atoms with Crippen molar-refractivity contribution >= 4 is 11.9 Å². The number of nitrogens with one attached hydrogen (secondary N) is 1. The van der Waals surface area contributed by atoms with E-state index in [1.165, 1.54) is 26.4 Å². The summed E-state index contributed by atoms with van der Waals surface area (Å²) in [7, 11) is 2.50. The van der Waals surface area contributed by atoms with Crippen LogP contribution in [0.5, 0.6) is 5.75 Å². The van der Waals surface area contributed by atoms with Gasteiger partial charge in [-0.15, -0.1) is 0 Å². The molecule has 0 radical (unpaired) electrons. The standard InChI is InChI=1S/C23H29NO10/c1-10-15(21(29)31-3)17(16(11(2)24-10)22(30)32-4)12-5-7-13(8-6-12)33-23-20(28)19(27)18(26)14(9-25)34-23/h5-8,14,17-20,23-28H,9H2,1-4H3/t14-,18-,19-,20-,23-/m1/s1. The largest absolute Gasteiger partial charge is 0.466 e. The highest BCUT2D eigenvalue weighted by atomic mass is 16.7. The van der Waals surface area contributed by atoms with Crippen molar-refractivity contribution in [2.75, 3.05) is 20.8 Å². The normalized spacial score (nSPS) is 27.8. The zero-order valence-corrected chi connectivity index (χ0v) is 19.2. The molecule has 3 rings (SSSR count). The van der Waals surface area contributed by atoms with Gasteiger partial charge in [0.1, 0.15) is 30.2 Å². The Bertz CT molecular complexity index is 946. The second-order valence-electron chi connectivity index (χ2n) is 8.00. The van der Waals surface area contributed by atoms with Gasteiger partial charge < -0.3 is 44.7 Å². The lowest BCUT2D eigenvalue weighted by atomic mass is 9.80. The van der Waals surface area contributed by atoms with Gasteiger partial charge >= 0.3 is 11.9 Å². The van der Waals surface area contributed by atoms with Gasteiger partial charge in [0.2, 0.25) is 6.29 Å². The molecule has 2 heterocycles. The van der Waals surface area contributed by atoms with Crippen molar-refractivity contribution in [1.29, 1.82) is 0 Å². The lowest BCUT2D eigenvalue weighted by molar-refractivity contribution is -0.277. The molecular weight excluding hydrogens is 450 g/mol. The molecule has 5 atom stereocenters. The first-order valence-electron chi connectivity index (χ1n) is 10.6. The molecule has 0 unspecified atom stereocenters. The molecule has 0 bridgehead atoms. The van der Waals surface area contributed by atoms with Gasteiger partial charge in [-0.25, -0.2) is 9.59 Å². The summed E-state index contributed by atoms with van der Waals surface area (Å²) in [6.45, 7) is 2.82. The molecule has 186 valence electrons. The summed E-state index contributed by atoms with van der Waals surface area (Å²) in [5.41, 5.74) is 2.13. The number of carbonyl (C=O) groups excluding carboxylic acids is 2. The highest BCUT2D eigenvalue weighted by Crippen LogP contribution is 2.39. The van der Waals surface area contributed by atoms with Gasteiger partial charge in [-0.2, -0.15) is 0 Å². The third-order valence-corrected chi connectivity index (χ3v) is 5.89. The summed E-state index contributed by atoms with van der Waals surface area (Å²) < 4.78 is 20.9.